The Kier molecular flexibility index (Phi) is 7.17. The lowest BCUT2D eigenvalue weighted by Crippen LogP contribution is -2.51. The van der Waals surface area contributed by atoms with Crippen LogP contribution < -0.4 is 16.1 Å². The molecular formula is C28H33F5N6. The first-order valence-electron chi connectivity index (χ1n) is 13.1. The first-order chi connectivity index (χ1) is 18.3. The molecule has 0 aromatic heterocycles. The maximum atomic E-state index is 14.9. The van der Waals surface area contributed by atoms with E-state index in [1.165, 1.54) is 5.57 Å². The smallest absolute Gasteiger partial charge is 0.325 e. The topological polar surface area (TPSA) is 64.0 Å². The molecule has 2 aliphatic heterocycles. The highest BCUT2D eigenvalue weighted by Gasteiger charge is 2.46. The van der Waals surface area contributed by atoms with Crippen molar-refractivity contribution in [3.05, 3.63) is 71.1 Å². The number of nitrogens with zero attached hydrogens (tertiary/aromatic N) is 3. The molecule has 1 fully saturated rings. The van der Waals surface area contributed by atoms with Crippen molar-refractivity contribution in [3.8, 4) is 0 Å². The standard InChI is InChI=1S/C28H33F5N6/c1-26(2,3)20-10-8-17(9-11-20)24-36-23-14-22(28(31,32)33)38-39(23)25(37-24)35-16-27(29,30)15-34-21-12-18-6-4-5-7-19(18)13-21/h4-6,8-11,14,19,21-22,34,38H,7,12-13,15-16H2,1-3H3,(H,35,36,37). The Balaban J connectivity index is 1.33. The largest absolute Gasteiger partial charge is 0.409 e. The van der Waals surface area contributed by atoms with E-state index in [4.69, 9.17) is 0 Å². The summed E-state index contributed by atoms with van der Waals surface area (Å²) in [5.41, 5.74) is 5.13. The molecule has 0 saturated heterocycles. The van der Waals surface area contributed by atoms with E-state index in [2.05, 4.69) is 59.0 Å². The van der Waals surface area contributed by atoms with Crippen molar-refractivity contribution >= 4 is 11.8 Å². The molecule has 1 saturated carbocycles. The molecule has 0 bridgehead atoms. The lowest BCUT2D eigenvalue weighted by Gasteiger charge is -2.29. The molecule has 0 spiro atoms. The fourth-order valence-electron chi connectivity index (χ4n) is 5.19. The lowest BCUT2D eigenvalue weighted by molar-refractivity contribution is -0.147. The number of hydrogen-bond donors (Lipinski definition) is 3. The summed E-state index contributed by atoms with van der Waals surface area (Å²) in [7, 11) is 0. The predicted molar refractivity (Wildman–Crippen MR) is 141 cm³/mol. The molecule has 4 aliphatic rings. The normalized spacial score (nSPS) is 26.2. The number of allylic oxidation sites excluding steroid dienone is 3. The Bertz CT molecular complexity index is 1240. The number of amidine groups is 1. The molecule has 0 amide bonds. The maximum Gasteiger partial charge on any atom is 0.409 e. The van der Waals surface area contributed by atoms with E-state index in [-0.39, 0.29) is 29.1 Å². The molecule has 1 aromatic carbocycles. The van der Waals surface area contributed by atoms with Gasteiger partial charge in [-0.05, 0) is 42.2 Å². The van der Waals surface area contributed by atoms with Crippen molar-refractivity contribution in [1.29, 1.82) is 0 Å². The Hall–Kier alpha value is -3.05. The van der Waals surface area contributed by atoms with Gasteiger partial charge in [0.2, 0.25) is 5.96 Å². The predicted octanol–water partition coefficient (Wildman–Crippen LogP) is 5.17. The summed E-state index contributed by atoms with van der Waals surface area (Å²) in [6.45, 7) is 4.70. The number of nitrogens with one attached hydrogen (secondary N) is 3. The van der Waals surface area contributed by atoms with Gasteiger partial charge in [0.15, 0.2) is 0 Å². The van der Waals surface area contributed by atoms with Gasteiger partial charge in [0.1, 0.15) is 24.2 Å². The van der Waals surface area contributed by atoms with Crippen molar-refractivity contribution < 1.29 is 22.0 Å². The minimum Gasteiger partial charge on any atom is -0.325 e. The monoisotopic (exact) mass is 548 g/mol. The van der Waals surface area contributed by atoms with E-state index in [0.29, 0.717) is 11.5 Å². The van der Waals surface area contributed by atoms with Crippen LogP contribution in [0.4, 0.5) is 22.0 Å². The van der Waals surface area contributed by atoms with Crippen LogP contribution in [0.5, 0.6) is 0 Å². The summed E-state index contributed by atoms with van der Waals surface area (Å²) in [5.74, 6) is -2.80. The molecule has 0 radical (unpaired) electrons. The number of hydrazine groups is 1. The van der Waals surface area contributed by atoms with E-state index >= 15 is 0 Å². The minimum absolute atomic E-state index is 0.0397. The molecule has 1 aromatic rings. The Morgan fingerprint density at radius 1 is 1.10 bits per heavy atom. The van der Waals surface area contributed by atoms with Crippen LogP contribution >= 0.6 is 0 Å². The average molecular weight is 549 g/mol. The summed E-state index contributed by atoms with van der Waals surface area (Å²) in [6, 6.07) is 5.38. The van der Waals surface area contributed by atoms with Crippen molar-refractivity contribution in [1.82, 2.24) is 21.1 Å². The van der Waals surface area contributed by atoms with Crippen molar-refractivity contribution in [3.63, 3.8) is 0 Å². The Morgan fingerprint density at radius 2 is 1.85 bits per heavy atom. The molecule has 210 valence electrons. The van der Waals surface area contributed by atoms with Crippen LogP contribution in [0.1, 0.15) is 51.2 Å². The highest BCUT2D eigenvalue weighted by Crippen LogP contribution is 2.36. The van der Waals surface area contributed by atoms with Crippen molar-refractivity contribution in [2.45, 2.75) is 69.6 Å². The number of fused-ring (bicyclic) bond motifs is 2. The Labute approximate surface area is 224 Å². The zero-order valence-corrected chi connectivity index (χ0v) is 22.1. The first kappa shape index (κ1) is 27.5. The number of benzene rings is 1. The molecule has 3 unspecified atom stereocenters. The van der Waals surface area contributed by atoms with Gasteiger partial charge in [-0.1, -0.05) is 68.8 Å². The van der Waals surface area contributed by atoms with Crippen LogP contribution in [0, 0.1) is 5.92 Å². The van der Waals surface area contributed by atoms with Crippen LogP contribution in [0.2, 0.25) is 0 Å². The van der Waals surface area contributed by atoms with E-state index in [0.717, 1.165) is 35.9 Å². The van der Waals surface area contributed by atoms with Gasteiger partial charge in [0.25, 0.3) is 5.92 Å². The zero-order valence-electron chi connectivity index (χ0n) is 22.1. The van der Waals surface area contributed by atoms with Gasteiger partial charge in [-0.2, -0.15) is 18.2 Å². The minimum atomic E-state index is -4.58. The van der Waals surface area contributed by atoms with Gasteiger partial charge in [-0.15, -0.1) is 0 Å². The molecule has 11 heteroatoms. The fraction of sp³-hybridized carbons (Fsp3) is 0.500. The summed E-state index contributed by atoms with van der Waals surface area (Å²) in [4.78, 5) is 8.33. The van der Waals surface area contributed by atoms with Crippen molar-refractivity contribution in [2.75, 3.05) is 13.1 Å². The second-order valence-electron chi connectivity index (χ2n) is 11.5. The van der Waals surface area contributed by atoms with Gasteiger partial charge in [-0.3, -0.25) is 0 Å². The molecule has 2 heterocycles. The summed E-state index contributed by atoms with van der Waals surface area (Å²) >= 11 is 0. The molecule has 5 rings (SSSR count). The molecule has 2 aliphatic carbocycles. The van der Waals surface area contributed by atoms with Gasteiger partial charge >= 0.3 is 6.18 Å². The molecule has 3 N–H and O–H groups in total. The third kappa shape index (κ3) is 6.24. The number of aliphatic imine (C=N–C) groups is 2. The lowest BCUT2D eigenvalue weighted by atomic mass is 9.86. The molecule has 3 atom stereocenters. The summed E-state index contributed by atoms with van der Waals surface area (Å²) in [6.07, 6.45) is 5.00. The van der Waals surface area contributed by atoms with Crippen LogP contribution in [0.25, 0.3) is 0 Å². The second kappa shape index (κ2) is 10.2. The second-order valence-corrected chi connectivity index (χ2v) is 11.5. The number of halogens is 5. The summed E-state index contributed by atoms with van der Waals surface area (Å²) in [5, 5.41) is 6.84. The quantitative estimate of drug-likeness (QED) is 0.429. The van der Waals surface area contributed by atoms with E-state index in [1.807, 2.05) is 18.2 Å². The van der Waals surface area contributed by atoms with Crippen LogP contribution in [-0.4, -0.2) is 54.1 Å². The first-order valence-corrected chi connectivity index (χ1v) is 13.1. The van der Waals surface area contributed by atoms with Crippen LogP contribution in [0.15, 0.2) is 69.9 Å². The van der Waals surface area contributed by atoms with Crippen molar-refractivity contribution in [2.24, 2.45) is 15.9 Å². The third-order valence-electron chi connectivity index (χ3n) is 7.41. The zero-order chi connectivity index (χ0) is 28.0. The van der Waals surface area contributed by atoms with Crippen LogP contribution in [0.3, 0.4) is 0 Å². The Morgan fingerprint density at radius 3 is 2.51 bits per heavy atom. The van der Waals surface area contributed by atoms with Gasteiger partial charge < -0.3 is 10.6 Å². The number of alkyl halides is 5. The highest BCUT2D eigenvalue weighted by atomic mass is 19.4. The highest BCUT2D eigenvalue weighted by molar-refractivity contribution is 6.09. The van der Waals surface area contributed by atoms with E-state index in [9.17, 15) is 22.0 Å². The number of hydrogen-bond acceptors (Lipinski definition) is 4. The van der Waals surface area contributed by atoms with Crippen LogP contribution in [-0.2, 0) is 5.41 Å². The molecule has 6 nitrogen and oxygen atoms in total. The van der Waals surface area contributed by atoms with E-state index < -0.39 is 31.2 Å². The average Bonchev–Trinajstić information content (AvgIpc) is 3.50. The SMILES string of the molecule is CC(C)(C)c1ccc(C2=NC(=NCC(F)(F)CNC3CC4=CC=CCC4C3)N3NC(C(F)(F)F)C=C3N2)cc1. The summed E-state index contributed by atoms with van der Waals surface area (Å²) < 4.78 is 70.2. The molecular weight excluding hydrogens is 515 g/mol. The van der Waals surface area contributed by atoms with Gasteiger partial charge in [0.05, 0.1) is 6.54 Å². The van der Waals surface area contributed by atoms with Gasteiger partial charge in [0, 0.05) is 11.6 Å². The number of guanidine groups is 1. The number of rotatable bonds is 6. The third-order valence-corrected chi connectivity index (χ3v) is 7.41. The van der Waals surface area contributed by atoms with Gasteiger partial charge in [-0.25, -0.2) is 24.2 Å². The maximum absolute atomic E-state index is 14.9. The molecule has 39 heavy (non-hydrogen) atoms. The fourth-order valence-corrected chi connectivity index (χ4v) is 5.19. The van der Waals surface area contributed by atoms with E-state index in [1.54, 1.807) is 12.1 Å².